The standard InChI is InChI=1S/C26H22O4S2/c1-19-3-11-23(12-4-19)31(27,28)25-15-7-21(8-16-25)22-9-17-26(18-10-22)32(29,30)24-13-5-20(2)6-14-24/h3-18H,1-2H3. The number of aryl methyl sites for hydroxylation is 2. The summed E-state index contributed by atoms with van der Waals surface area (Å²) in [4.78, 5) is 0.926. The highest BCUT2D eigenvalue weighted by Crippen LogP contribution is 2.28. The molecule has 0 amide bonds. The van der Waals surface area contributed by atoms with Crippen molar-refractivity contribution in [3.05, 3.63) is 108 Å². The summed E-state index contributed by atoms with van der Waals surface area (Å²) in [5.41, 5.74) is 3.58. The molecule has 0 atom stereocenters. The Bertz CT molecular complexity index is 1330. The number of rotatable bonds is 5. The van der Waals surface area contributed by atoms with Crippen molar-refractivity contribution in [2.45, 2.75) is 33.4 Å². The molecular formula is C26H22O4S2. The summed E-state index contributed by atoms with van der Waals surface area (Å²) in [5, 5.41) is 0. The Morgan fingerprint density at radius 1 is 0.375 bits per heavy atom. The molecule has 0 bridgehead atoms. The molecule has 0 radical (unpaired) electrons. The van der Waals surface area contributed by atoms with Crippen LogP contribution < -0.4 is 0 Å². The molecule has 4 aromatic carbocycles. The maximum Gasteiger partial charge on any atom is 0.206 e. The van der Waals surface area contributed by atoms with Gasteiger partial charge in [-0.2, -0.15) is 0 Å². The molecule has 0 saturated carbocycles. The maximum absolute atomic E-state index is 12.8. The van der Waals surface area contributed by atoms with Gasteiger partial charge in [-0.3, -0.25) is 0 Å². The molecule has 32 heavy (non-hydrogen) atoms. The van der Waals surface area contributed by atoms with Gasteiger partial charge in [0.15, 0.2) is 0 Å². The van der Waals surface area contributed by atoms with Gasteiger partial charge in [-0.15, -0.1) is 0 Å². The van der Waals surface area contributed by atoms with Crippen LogP contribution in [-0.4, -0.2) is 16.8 Å². The normalized spacial score (nSPS) is 11.9. The second-order valence-electron chi connectivity index (χ2n) is 7.68. The van der Waals surface area contributed by atoms with Crippen LogP contribution in [0.3, 0.4) is 0 Å². The Balaban J connectivity index is 1.60. The van der Waals surface area contributed by atoms with Gasteiger partial charge in [-0.05, 0) is 73.5 Å². The first kappa shape index (κ1) is 22.0. The molecule has 6 heteroatoms. The average Bonchev–Trinajstić information content (AvgIpc) is 2.80. The van der Waals surface area contributed by atoms with Crippen LogP contribution in [0.15, 0.2) is 117 Å². The van der Waals surface area contributed by atoms with Crippen molar-refractivity contribution >= 4 is 19.7 Å². The minimum atomic E-state index is -3.59. The molecule has 0 spiro atoms. The number of sulfone groups is 2. The molecule has 0 aromatic heterocycles. The van der Waals surface area contributed by atoms with Gasteiger partial charge in [0, 0.05) is 0 Å². The number of hydrogen-bond acceptors (Lipinski definition) is 4. The summed E-state index contributed by atoms with van der Waals surface area (Å²) < 4.78 is 51.3. The summed E-state index contributed by atoms with van der Waals surface area (Å²) in [6.07, 6.45) is 0. The molecule has 4 nitrogen and oxygen atoms in total. The predicted octanol–water partition coefficient (Wildman–Crippen LogP) is 5.64. The van der Waals surface area contributed by atoms with E-state index in [4.69, 9.17) is 0 Å². The molecule has 0 aliphatic heterocycles. The predicted molar refractivity (Wildman–Crippen MR) is 125 cm³/mol. The van der Waals surface area contributed by atoms with Gasteiger partial charge >= 0.3 is 0 Å². The van der Waals surface area contributed by atoms with E-state index in [9.17, 15) is 16.8 Å². The van der Waals surface area contributed by atoms with Crippen molar-refractivity contribution < 1.29 is 16.8 Å². The van der Waals surface area contributed by atoms with E-state index >= 15 is 0 Å². The fourth-order valence-electron chi connectivity index (χ4n) is 3.36. The van der Waals surface area contributed by atoms with Crippen LogP contribution in [0.5, 0.6) is 0 Å². The lowest BCUT2D eigenvalue weighted by molar-refractivity contribution is 0.594. The number of hydrogen-bond donors (Lipinski definition) is 0. The quantitative estimate of drug-likeness (QED) is 0.385. The Morgan fingerprint density at radius 3 is 0.844 bits per heavy atom. The Morgan fingerprint density at radius 2 is 0.594 bits per heavy atom. The minimum absolute atomic E-state index is 0.212. The van der Waals surface area contributed by atoms with E-state index in [1.165, 1.54) is 0 Å². The van der Waals surface area contributed by atoms with Crippen molar-refractivity contribution in [2.24, 2.45) is 0 Å². The summed E-state index contributed by atoms with van der Waals surface area (Å²) in [7, 11) is -7.19. The summed E-state index contributed by atoms with van der Waals surface area (Å²) in [6, 6.07) is 26.7. The Labute approximate surface area is 189 Å². The van der Waals surface area contributed by atoms with E-state index in [1.54, 1.807) is 97.1 Å². The van der Waals surface area contributed by atoms with Gasteiger partial charge in [0.1, 0.15) is 0 Å². The van der Waals surface area contributed by atoms with E-state index in [1.807, 2.05) is 13.8 Å². The van der Waals surface area contributed by atoms with E-state index in [-0.39, 0.29) is 19.6 Å². The topological polar surface area (TPSA) is 68.3 Å². The van der Waals surface area contributed by atoms with Crippen molar-refractivity contribution in [3.8, 4) is 11.1 Å². The largest absolute Gasteiger partial charge is 0.219 e. The molecular weight excluding hydrogens is 440 g/mol. The first-order chi connectivity index (χ1) is 15.2. The highest BCUT2D eigenvalue weighted by atomic mass is 32.2. The zero-order valence-electron chi connectivity index (χ0n) is 17.7. The maximum atomic E-state index is 12.8. The van der Waals surface area contributed by atoms with Gasteiger partial charge in [-0.25, -0.2) is 16.8 Å². The first-order valence-electron chi connectivity index (χ1n) is 10.0. The molecule has 0 unspecified atom stereocenters. The second-order valence-corrected chi connectivity index (χ2v) is 11.6. The fourth-order valence-corrected chi connectivity index (χ4v) is 5.88. The van der Waals surface area contributed by atoms with Gasteiger partial charge in [-0.1, -0.05) is 59.7 Å². The molecule has 0 fully saturated rings. The monoisotopic (exact) mass is 462 g/mol. The highest BCUT2D eigenvalue weighted by molar-refractivity contribution is 7.91. The van der Waals surface area contributed by atoms with Crippen LogP contribution in [0.25, 0.3) is 11.1 Å². The van der Waals surface area contributed by atoms with Gasteiger partial charge in [0.25, 0.3) is 0 Å². The van der Waals surface area contributed by atoms with Crippen molar-refractivity contribution in [1.29, 1.82) is 0 Å². The second kappa shape index (κ2) is 8.37. The lowest BCUT2D eigenvalue weighted by atomic mass is 10.1. The molecule has 0 aliphatic carbocycles. The Kier molecular flexibility index (Phi) is 5.75. The van der Waals surface area contributed by atoms with E-state index in [0.29, 0.717) is 0 Å². The summed E-state index contributed by atoms with van der Waals surface area (Å²) >= 11 is 0. The van der Waals surface area contributed by atoms with Crippen molar-refractivity contribution in [2.75, 3.05) is 0 Å². The lowest BCUT2D eigenvalue weighted by Crippen LogP contribution is -2.02. The molecule has 162 valence electrons. The smallest absolute Gasteiger partial charge is 0.206 e. The van der Waals surface area contributed by atoms with Gasteiger partial charge in [0.2, 0.25) is 19.7 Å². The van der Waals surface area contributed by atoms with E-state index in [0.717, 1.165) is 22.3 Å². The molecule has 0 N–H and O–H groups in total. The van der Waals surface area contributed by atoms with E-state index < -0.39 is 19.7 Å². The van der Waals surface area contributed by atoms with Crippen LogP contribution in [0.2, 0.25) is 0 Å². The SMILES string of the molecule is Cc1ccc(S(=O)(=O)c2ccc(-c3ccc(S(=O)(=O)c4ccc(C)cc4)cc3)cc2)cc1. The summed E-state index contributed by atoms with van der Waals surface area (Å²) in [6.45, 7) is 3.81. The fraction of sp³-hybridized carbons (Fsp3) is 0.0769. The van der Waals surface area contributed by atoms with Crippen molar-refractivity contribution in [3.63, 3.8) is 0 Å². The third-order valence-corrected chi connectivity index (χ3v) is 8.90. The molecule has 4 rings (SSSR count). The van der Waals surface area contributed by atoms with Crippen LogP contribution >= 0.6 is 0 Å². The van der Waals surface area contributed by atoms with E-state index in [2.05, 4.69) is 0 Å². The van der Waals surface area contributed by atoms with Gasteiger partial charge < -0.3 is 0 Å². The summed E-state index contributed by atoms with van der Waals surface area (Å²) in [5.74, 6) is 0. The third-order valence-electron chi connectivity index (χ3n) is 5.33. The highest BCUT2D eigenvalue weighted by Gasteiger charge is 2.19. The molecule has 0 heterocycles. The van der Waals surface area contributed by atoms with Crippen LogP contribution in [0.4, 0.5) is 0 Å². The van der Waals surface area contributed by atoms with Crippen LogP contribution in [0, 0.1) is 13.8 Å². The lowest BCUT2D eigenvalue weighted by Gasteiger charge is -2.09. The first-order valence-corrected chi connectivity index (χ1v) is 13.0. The Hall–Kier alpha value is -3.22. The third kappa shape index (κ3) is 4.24. The zero-order chi connectivity index (χ0) is 22.9. The molecule has 0 saturated heterocycles. The number of benzene rings is 4. The zero-order valence-corrected chi connectivity index (χ0v) is 19.3. The van der Waals surface area contributed by atoms with Gasteiger partial charge in [0.05, 0.1) is 19.6 Å². The minimum Gasteiger partial charge on any atom is -0.219 e. The average molecular weight is 463 g/mol. The molecule has 4 aromatic rings. The molecule has 0 aliphatic rings. The van der Waals surface area contributed by atoms with Crippen LogP contribution in [0.1, 0.15) is 11.1 Å². The van der Waals surface area contributed by atoms with Crippen molar-refractivity contribution in [1.82, 2.24) is 0 Å². The van der Waals surface area contributed by atoms with Crippen LogP contribution in [-0.2, 0) is 19.7 Å².